The van der Waals surface area contributed by atoms with Gasteiger partial charge in [0.1, 0.15) is 17.2 Å². The van der Waals surface area contributed by atoms with E-state index in [2.05, 4.69) is 10.1 Å². The number of carboxylic acid groups (broad SMARTS) is 1. The number of urea groups is 1. The Morgan fingerprint density at radius 3 is 2.69 bits per heavy atom. The highest BCUT2D eigenvalue weighted by Crippen LogP contribution is 2.23. The molecule has 1 aromatic carbocycles. The largest absolute Gasteiger partial charge is 0.481 e. The van der Waals surface area contributed by atoms with Crippen molar-refractivity contribution in [2.45, 2.75) is 6.54 Å². The van der Waals surface area contributed by atoms with Crippen LogP contribution in [0.2, 0.25) is 0 Å². The number of carbonyl (C=O) groups excluding carboxylic acids is 3. The van der Waals surface area contributed by atoms with Crippen molar-refractivity contribution in [3.63, 3.8) is 0 Å². The van der Waals surface area contributed by atoms with E-state index in [1.165, 1.54) is 25.3 Å². The molecule has 1 aliphatic heterocycles. The first kappa shape index (κ1) is 19.7. The van der Waals surface area contributed by atoms with Crippen LogP contribution in [0.15, 0.2) is 46.5 Å². The first-order valence-electron chi connectivity index (χ1n) is 8.34. The Balaban J connectivity index is 1.78. The lowest BCUT2D eigenvalue weighted by atomic mass is 10.1. The molecule has 3 rings (SSSR count). The van der Waals surface area contributed by atoms with Crippen LogP contribution in [-0.4, -0.2) is 47.6 Å². The number of imide groups is 1. The molecule has 0 radical (unpaired) electrons. The van der Waals surface area contributed by atoms with Crippen molar-refractivity contribution in [2.75, 3.05) is 13.7 Å². The first-order valence-corrected chi connectivity index (χ1v) is 8.34. The summed E-state index contributed by atoms with van der Waals surface area (Å²) in [5.41, 5.74) is 0.409. The normalized spacial score (nSPS) is 14.8. The van der Waals surface area contributed by atoms with Gasteiger partial charge in [0.05, 0.1) is 13.7 Å². The summed E-state index contributed by atoms with van der Waals surface area (Å²) in [6.45, 7) is -0.732. The summed E-state index contributed by atoms with van der Waals surface area (Å²) in [4.78, 5) is 47.9. The minimum Gasteiger partial charge on any atom is -0.481 e. The van der Waals surface area contributed by atoms with E-state index in [9.17, 15) is 19.2 Å². The van der Waals surface area contributed by atoms with Crippen LogP contribution in [-0.2, 0) is 20.9 Å². The second kappa shape index (κ2) is 8.30. The number of carbonyl (C=O) groups is 4. The summed E-state index contributed by atoms with van der Waals surface area (Å²) in [6, 6.07) is 8.66. The smallest absolute Gasteiger partial charge is 0.373 e. The van der Waals surface area contributed by atoms with Crippen LogP contribution in [0.3, 0.4) is 0 Å². The highest BCUT2D eigenvalue weighted by Gasteiger charge is 2.34. The van der Waals surface area contributed by atoms with Gasteiger partial charge < -0.3 is 24.3 Å². The Labute approximate surface area is 164 Å². The summed E-state index contributed by atoms with van der Waals surface area (Å²) in [6.07, 6.45) is 1.39. The number of ether oxygens (including phenoxy) is 2. The molecule has 1 aliphatic rings. The SMILES string of the molecule is COC(=O)c1ccc(CN2C(=O)NC(=Cc3ccccc3OCC(=O)O)C2=O)o1. The number of nitrogens with zero attached hydrogens (tertiary/aromatic N) is 1. The van der Waals surface area contributed by atoms with Gasteiger partial charge in [-0.25, -0.2) is 14.4 Å². The van der Waals surface area contributed by atoms with E-state index in [-0.39, 0.29) is 29.5 Å². The predicted octanol–water partition coefficient (Wildman–Crippen LogP) is 1.62. The number of aliphatic carboxylic acids is 1. The Hall–Kier alpha value is -4.08. The molecule has 10 heteroatoms. The summed E-state index contributed by atoms with van der Waals surface area (Å²) in [5, 5.41) is 11.2. The standard InChI is InChI=1S/C19H16N2O8/c1-27-18(25)15-7-6-12(29-15)9-21-17(24)13(20-19(21)26)8-11-4-2-3-5-14(11)28-10-16(22)23/h2-8H,9-10H2,1H3,(H,20,26)(H,22,23). The van der Waals surface area contributed by atoms with Gasteiger partial charge in [0, 0.05) is 5.56 Å². The third-order valence-corrected chi connectivity index (χ3v) is 3.89. The molecule has 0 aliphatic carbocycles. The third-order valence-electron chi connectivity index (χ3n) is 3.89. The van der Waals surface area contributed by atoms with Crippen molar-refractivity contribution in [3.05, 3.63) is 59.2 Å². The zero-order valence-electron chi connectivity index (χ0n) is 15.2. The Morgan fingerprint density at radius 1 is 1.21 bits per heavy atom. The van der Waals surface area contributed by atoms with Gasteiger partial charge >= 0.3 is 18.0 Å². The average Bonchev–Trinajstić information content (AvgIpc) is 3.27. The lowest BCUT2D eigenvalue weighted by molar-refractivity contribution is -0.139. The van der Waals surface area contributed by atoms with Crippen LogP contribution in [0.5, 0.6) is 5.75 Å². The molecular formula is C19H16N2O8. The summed E-state index contributed by atoms with van der Waals surface area (Å²) in [7, 11) is 1.21. The number of benzene rings is 1. The fourth-order valence-corrected chi connectivity index (χ4v) is 2.57. The van der Waals surface area contributed by atoms with E-state index < -0.39 is 30.5 Å². The van der Waals surface area contributed by atoms with Crippen LogP contribution in [0.1, 0.15) is 21.9 Å². The zero-order chi connectivity index (χ0) is 21.0. The van der Waals surface area contributed by atoms with Crippen molar-refractivity contribution in [1.29, 1.82) is 0 Å². The van der Waals surface area contributed by atoms with Gasteiger partial charge in [-0.1, -0.05) is 18.2 Å². The number of furan rings is 1. The van der Waals surface area contributed by atoms with Gasteiger partial charge in [-0.15, -0.1) is 0 Å². The molecule has 0 atom stereocenters. The molecule has 1 aromatic heterocycles. The second-order valence-corrected chi connectivity index (χ2v) is 5.86. The highest BCUT2D eigenvalue weighted by molar-refractivity contribution is 6.14. The summed E-state index contributed by atoms with van der Waals surface area (Å²) >= 11 is 0. The minimum absolute atomic E-state index is 0.0128. The number of hydrogen-bond acceptors (Lipinski definition) is 7. The highest BCUT2D eigenvalue weighted by atomic mass is 16.5. The molecule has 2 heterocycles. The molecule has 29 heavy (non-hydrogen) atoms. The molecule has 0 saturated carbocycles. The van der Waals surface area contributed by atoms with Gasteiger partial charge in [0.2, 0.25) is 5.76 Å². The summed E-state index contributed by atoms with van der Waals surface area (Å²) in [5.74, 6) is -2.01. The number of esters is 1. The molecule has 1 saturated heterocycles. The quantitative estimate of drug-likeness (QED) is 0.407. The van der Waals surface area contributed by atoms with E-state index in [0.717, 1.165) is 4.90 Å². The molecule has 2 N–H and O–H groups in total. The topological polar surface area (TPSA) is 135 Å². The maximum Gasteiger partial charge on any atom is 0.373 e. The maximum atomic E-state index is 12.6. The number of amides is 3. The number of methoxy groups -OCH3 is 1. The molecule has 0 bridgehead atoms. The van der Waals surface area contributed by atoms with Crippen LogP contribution < -0.4 is 10.1 Å². The number of nitrogens with one attached hydrogen (secondary N) is 1. The molecular weight excluding hydrogens is 384 g/mol. The summed E-state index contributed by atoms with van der Waals surface area (Å²) < 4.78 is 15.0. The Bertz CT molecular complexity index is 1010. The molecule has 150 valence electrons. The van der Waals surface area contributed by atoms with E-state index >= 15 is 0 Å². The van der Waals surface area contributed by atoms with Gasteiger partial charge in [-0.3, -0.25) is 9.69 Å². The number of para-hydroxylation sites is 1. The predicted molar refractivity (Wildman–Crippen MR) is 96.7 cm³/mol. The van der Waals surface area contributed by atoms with Crippen LogP contribution in [0.4, 0.5) is 4.79 Å². The Kier molecular flexibility index (Phi) is 5.63. The van der Waals surface area contributed by atoms with Crippen LogP contribution in [0.25, 0.3) is 6.08 Å². The molecule has 1 fully saturated rings. The van der Waals surface area contributed by atoms with Crippen LogP contribution >= 0.6 is 0 Å². The molecule has 3 amide bonds. The molecule has 0 unspecified atom stereocenters. The van der Waals surface area contributed by atoms with Gasteiger partial charge in [0.25, 0.3) is 5.91 Å². The van der Waals surface area contributed by atoms with E-state index in [4.69, 9.17) is 14.3 Å². The van der Waals surface area contributed by atoms with Crippen molar-refractivity contribution >= 4 is 30.0 Å². The van der Waals surface area contributed by atoms with Gasteiger partial charge in [-0.05, 0) is 24.3 Å². The van der Waals surface area contributed by atoms with Crippen molar-refractivity contribution < 1.29 is 38.2 Å². The third kappa shape index (κ3) is 4.43. The maximum absolute atomic E-state index is 12.6. The van der Waals surface area contributed by atoms with Crippen LogP contribution in [0, 0.1) is 0 Å². The Morgan fingerprint density at radius 2 is 1.97 bits per heavy atom. The number of rotatable bonds is 7. The van der Waals surface area contributed by atoms with Gasteiger partial charge in [-0.2, -0.15) is 0 Å². The monoisotopic (exact) mass is 400 g/mol. The number of carboxylic acids is 1. The molecule has 2 aromatic rings. The number of hydrogen-bond donors (Lipinski definition) is 2. The lowest BCUT2D eigenvalue weighted by Gasteiger charge is -2.09. The minimum atomic E-state index is -1.14. The molecule has 10 nitrogen and oxygen atoms in total. The van der Waals surface area contributed by atoms with Crippen molar-refractivity contribution in [3.8, 4) is 5.75 Å². The van der Waals surface area contributed by atoms with Crippen molar-refractivity contribution in [2.24, 2.45) is 0 Å². The fourth-order valence-electron chi connectivity index (χ4n) is 2.57. The van der Waals surface area contributed by atoms with E-state index in [1.807, 2.05) is 0 Å². The van der Waals surface area contributed by atoms with Crippen molar-refractivity contribution in [1.82, 2.24) is 10.2 Å². The fraction of sp³-hybridized carbons (Fsp3) is 0.158. The van der Waals surface area contributed by atoms with Gasteiger partial charge in [0.15, 0.2) is 6.61 Å². The first-order chi connectivity index (χ1) is 13.9. The second-order valence-electron chi connectivity index (χ2n) is 5.86. The average molecular weight is 400 g/mol. The van der Waals surface area contributed by atoms with E-state index in [0.29, 0.717) is 5.56 Å². The zero-order valence-corrected chi connectivity index (χ0v) is 15.2. The van der Waals surface area contributed by atoms with E-state index in [1.54, 1.807) is 24.3 Å². The molecule has 0 spiro atoms. The lowest BCUT2D eigenvalue weighted by Crippen LogP contribution is -2.30.